The summed E-state index contributed by atoms with van der Waals surface area (Å²) in [6.45, 7) is 3.00. The van der Waals surface area contributed by atoms with E-state index in [1.165, 1.54) is 0 Å². The summed E-state index contributed by atoms with van der Waals surface area (Å²) in [6, 6.07) is 8.38. The number of rotatable bonds is 3. The van der Waals surface area contributed by atoms with Crippen LogP contribution in [0.2, 0.25) is 0 Å². The number of hydrogen-bond acceptors (Lipinski definition) is 5. The van der Waals surface area contributed by atoms with Gasteiger partial charge in [-0.05, 0) is 31.9 Å². The van der Waals surface area contributed by atoms with Gasteiger partial charge in [0.05, 0.1) is 11.7 Å². The van der Waals surface area contributed by atoms with Crippen LogP contribution in [0.4, 0.5) is 11.8 Å². The zero-order valence-corrected chi connectivity index (χ0v) is 12.8. The Kier molecular flexibility index (Phi) is 3.73. The maximum Gasteiger partial charge on any atom is 0.228 e. The molecule has 0 amide bonds. The van der Waals surface area contributed by atoms with Gasteiger partial charge in [0.2, 0.25) is 5.95 Å². The quantitative estimate of drug-likeness (QED) is 0.866. The fraction of sp³-hybridized carbons (Fsp3) is 0.438. The lowest BCUT2D eigenvalue weighted by Crippen LogP contribution is -2.26. The van der Waals surface area contributed by atoms with Gasteiger partial charge in [0, 0.05) is 38.6 Å². The van der Waals surface area contributed by atoms with Crippen LogP contribution in [0.5, 0.6) is 0 Å². The number of nitrogens with zero attached hydrogens (tertiary/aromatic N) is 5. The molecular weight excluding hydrogens is 262 g/mol. The number of aryl methyl sites for hydroxylation is 1. The van der Waals surface area contributed by atoms with Crippen molar-refractivity contribution < 1.29 is 0 Å². The summed E-state index contributed by atoms with van der Waals surface area (Å²) in [6.07, 6.45) is 4.11. The van der Waals surface area contributed by atoms with Crippen LogP contribution in [-0.4, -0.2) is 35.6 Å². The Hall–Kier alpha value is -2.17. The van der Waals surface area contributed by atoms with E-state index >= 15 is 0 Å². The van der Waals surface area contributed by atoms with Gasteiger partial charge < -0.3 is 9.80 Å². The van der Waals surface area contributed by atoms with Gasteiger partial charge in [-0.3, -0.25) is 4.98 Å². The predicted molar refractivity (Wildman–Crippen MR) is 84.7 cm³/mol. The zero-order valence-electron chi connectivity index (χ0n) is 12.8. The second-order valence-corrected chi connectivity index (χ2v) is 5.67. The first kappa shape index (κ1) is 13.8. The monoisotopic (exact) mass is 283 g/mol. The topological polar surface area (TPSA) is 45.2 Å². The molecule has 3 rings (SSSR count). The summed E-state index contributed by atoms with van der Waals surface area (Å²) < 4.78 is 0. The van der Waals surface area contributed by atoms with Crippen LogP contribution in [0.25, 0.3) is 0 Å². The van der Waals surface area contributed by atoms with Gasteiger partial charge in [0.15, 0.2) is 0 Å². The average molecular weight is 283 g/mol. The smallest absolute Gasteiger partial charge is 0.228 e. The van der Waals surface area contributed by atoms with Crippen molar-refractivity contribution in [2.24, 2.45) is 0 Å². The van der Waals surface area contributed by atoms with Crippen LogP contribution in [0.3, 0.4) is 0 Å². The van der Waals surface area contributed by atoms with Crippen LogP contribution in [0.15, 0.2) is 30.5 Å². The first-order valence-electron chi connectivity index (χ1n) is 7.36. The Bertz CT molecular complexity index is 611. The molecule has 21 heavy (non-hydrogen) atoms. The molecule has 3 heterocycles. The van der Waals surface area contributed by atoms with E-state index in [0.717, 1.165) is 42.5 Å². The van der Waals surface area contributed by atoms with Gasteiger partial charge in [0.1, 0.15) is 5.82 Å². The van der Waals surface area contributed by atoms with Gasteiger partial charge in [-0.15, -0.1) is 0 Å². The molecule has 0 spiro atoms. The Morgan fingerprint density at radius 1 is 1.24 bits per heavy atom. The van der Waals surface area contributed by atoms with E-state index < -0.39 is 0 Å². The second-order valence-electron chi connectivity index (χ2n) is 5.67. The molecule has 110 valence electrons. The molecule has 0 aliphatic carbocycles. The fourth-order valence-electron chi connectivity index (χ4n) is 2.78. The maximum absolute atomic E-state index is 4.70. The van der Waals surface area contributed by atoms with Crippen molar-refractivity contribution in [2.75, 3.05) is 30.4 Å². The minimum absolute atomic E-state index is 0.281. The van der Waals surface area contributed by atoms with Crippen molar-refractivity contribution in [3.8, 4) is 0 Å². The third-order valence-electron chi connectivity index (χ3n) is 3.83. The normalized spacial score (nSPS) is 18.0. The molecule has 5 nitrogen and oxygen atoms in total. The summed E-state index contributed by atoms with van der Waals surface area (Å²) in [5.74, 6) is 1.76. The largest absolute Gasteiger partial charge is 0.363 e. The van der Waals surface area contributed by atoms with E-state index in [4.69, 9.17) is 4.98 Å². The molecule has 2 aromatic rings. The molecule has 1 saturated heterocycles. The highest BCUT2D eigenvalue weighted by atomic mass is 15.3. The molecule has 1 aliphatic heterocycles. The molecule has 0 N–H and O–H groups in total. The first-order valence-corrected chi connectivity index (χ1v) is 7.36. The van der Waals surface area contributed by atoms with Gasteiger partial charge in [0.25, 0.3) is 0 Å². The number of pyridine rings is 1. The predicted octanol–water partition coefficient (Wildman–Crippen LogP) is 2.59. The molecule has 1 fully saturated rings. The van der Waals surface area contributed by atoms with Crippen molar-refractivity contribution in [1.29, 1.82) is 0 Å². The molecule has 0 radical (unpaired) electrons. The van der Waals surface area contributed by atoms with E-state index in [-0.39, 0.29) is 6.04 Å². The number of hydrogen-bond donors (Lipinski definition) is 0. The van der Waals surface area contributed by atoms with Gasteiger partial charge in [-0.2, -0.15) is 4.98 Å². The standard InChI is InChI=1S/C16H21N5/c1-12-11-15(20(2)3)19-16(18-12)21-10-6-8-14(21)13-7-4-5-9-17-13/h4-5,7,9,11,14H,6,8,10H2,1-3H3/t14-/m1/s1. The summed E-state index contributed by atoms with van der Waals surface area (Å²) in [4.78, 5) is 18.1. The van der Waals surface area contributed by atoms with Crippen molar-refractivity contribution in [2.45, 2.75) is 25.8 Å². The summed E-state index contributed by atoms with van der Waals surface area (Å²) in [5, 5.41) is 0. The van der Waals surface area contributed by atoms with E-state index in [2.05, 4.69) is 20.9 Å². The van der Waals surface area contributed by atoms with Gasteiger partial charge in [-0.25, -0.2) is 4.98 Å². The van der Waals surface area contributed by atoms with E-state index in [1.807, 2.05) is 50.3 Å². The Morgan fingerprint density at radius 3 is 2.81 bits per heavy atom. The Morgan fingerprint density at radius 2 is 2.10 bits per heavy atom. The van der Waals surface area contributed by atoms with Crippen LogP contribution >= 0.6 is 0 Å². The van der Waals surface area contributed by atoms with Gasteiger partial charge >= 0.3 is 0 Å². The summed E-state index contributed by atoms with van der Waals surface area (Å²) in [7, 11) is 4.01. The van der Waals surface area contributed by atoms with Crippen molar-refractivity contribution in [1.82, 2.24) is 15.0 Å². The molecule has 0 unspecified atom stereocenters. The molecule has 0 bridgehead atoms. The Labute approximate surface area is 125 Å². The van der Waals surface area contributed by atoms with Crippen LogP contribution < -0.4 is 9.80 Å². The molecule has 5 heteroatoms. The Balaban J connectivity index is 1.95. The lowest BCUT2D eigenvalue weighted by Gasteiger charge is -2.25. The van der Waals surface area contributed by atoms with Gasteiger partial charge in [-0.1, -0.05) is 6.07 Å². The van der Waals surface area contributed by atoms with Crippen LogP contribution in [0.1, 0.15) is 30.3 Å². The van der Waals surface area contributed by atoms with Crippen molar-refractivity contribution in [3.63, 3.8) is 0 Å². The number of anilines is 2. The van der Waals surface area contributed by atoms with Crippen LogP contribution in [-0.2, 0) is 0 Å². The molecular formula is C16H21N5. The summed E-state index contributed by atoms with van der Waals surface area (Å²) in [5.41, 5.74) is 2.10. The highest BCUT2D eigenvalue weighted by Crippen LogP contribution is 2.33. The SMILES string of the molecule is Cc1cc(N(C)C)nc(N2CCC[C@@H]2c2ccccn2)n1. The second kappa shape index (κ2) is 5.68. The van der Waals surface area contributed by atoms with Crippen molar-refractivity contribution >= 4 is 11.8 Å². The minimum atomic E-state index is 0.281. The first-order chi connectivity index (χ1) is 10.1. The maximum atomic E-state index is 4.70. The molecule has 0 saturated carbocycles. The third-order valence-corrected chi connectivity index (χ3v) is 3.83. The summed E-state index contributed by atoms with van der Waals surface area (Å²) >= 11 is 0. The lowest BCUT2D eigenvalue weighted by atomic mass is 10.1. The molecule has 2 aromatic heterocycles. The lowest BCUT2D eigenvalue weighted by molar-refractivity contribution is 0.678. The number of aromatic nitrogens is 3. The van der Waals surface area contributed by atoms with Crippen molar-refractivity contribution in [3.05, 3.63) is 41.9 Å². The zero-order chi connectivity index (χ0) is 14.8. The average Bonchev–Trinajstić information content (AvgIpc) is 2.97. The highest BCUT2D eigenvalue weighted by molar-refractivity contribution is 5.46. The minimum Gasteiger partial charge on any atom is -0.363 e. The molecule has 0 aromatic carbocycles. The highest BCUT2D eigenvalue weighted by Gasteiger charge is 2.29. The molecule has 1 aliphatic rings. The third kappa shape index (κ3) is 2.82. The molecule has 1 atom stereocenters. The van der Waals surface area contributed by atoms with Crippen LogP contribution in [0, 0.1) is 6.92 Å². The fourth-order valence-corrected chi connectivity index (χ4v) is 2.78. The van der Waals surface area contributed by atoms with E-state index in [0.29, 0.717) is 0 Å². The van der Waals surface area contributed by atoms with E-state index in [1.54, 1.807) is 0 Å². The van der Waals surface area contributed by atoms with E-state index in [9.17, 15) is 0 Å².